The van der Waals surface area contributed by atoms with Gasteiger partial charge in [0.05, 0.1) is 0 Å². The second-order valence-corrected chi connectivity index (χ2v) is 13.3. The van der Waals surface area contributed by atoms with Crippen molar-refractivity contribution in [1.29, 1.82) is 0 Å². The summed E-state index contributed by atoms with van der Waals surface area (Å²) in [4.78, 5) is 0. The maximum Gasteiger partial charge on any atom is -0.00928 e. The van der Waals surface area contributed by atoms with E-state index < -0.39 is 0 Å². The Hall–Kier alpha value is -5.98. The normalized spacial score (nSPS) is 12.8. The fourth-order valence-corrected chi connectivity index (χ4v) is 7.91. The highest BCUT2D eigenvalue weighted by atomic mass is 14.2. The highest BCUT2D eigenvalue weighted by Crippen LogP contribution is 2.38. The maximum absolute atomic E-state index is 2.38. The molecule has 9 aromatic carbocycles. The molecular weight excluding hydrogens is 577 g/mol. The monoisotopic (exact) mass is 608 g/mol. The molecule has 9 aromatic rings. The predicted molar refractivity (Wildman–Crippen MR) is 208 cm³/mol. The van der Waals surface area contributed by atoms with Crippen molar-refractivity contribution in [2.75, 3.05) is 0 Å². The van der Waals surface area contributed by atoms with Crippen molar-refractivity contribution in [3.8, 4) is 33.4 Å². The van der Waals surface area contributed by atoms with Crippen LogP contribution in [-0.4, -0.2) is 0 Å². The summed E-state index contributed by atoms with van der Waals surface area (Å²) in [5.41, 5.74) is 10.4. The SMILES string of the molecule is C1=Cc2ccc(-c3ccc4cc(-c5ccc6cc(-c7ccc8c9ccccc9c9ccccc9c8c7)ccc6c5)ccc4c3)cc2CC1. The van der Waals surface area contributed by atoms with E-state index in [1.165, 1.54) is 98.4 Å². The second-order valence-electron chi connectivity index (χ2n) is 13.3. The summed E-state index contributed by atoms with van der Waals surface area (Å²) in [7, 11) is 0. The lowest BCUT2D eigenvalue weighted by Crippen LogP contribution is -1.94. The Bertz CT molecular complexity index is 2740. The van der Waals surface area contributed by atoms with E-state index in [-0.39, 0.29) is 0 Å². The third kappa shape index (κ3) is 4.45. The largest absolute Gasteiger partial charge is 0.0836 e. The van der Waals surface area contributed by atoms with Gasteiger partial charge in [0.1, 0.15) is 0 Å². The van der Waals surface area contributed by atoms with Crippen LogP contribution in [0.15, 0.2) is 164 Å². The summed E-state index contributed by atoms with van der Waals surface area (Å²) in [6, 6.07) is 58.9. The summed E-state index contributed by atoms with van der Waals surface area (Å²) in [6.45, 7) is 0. The molecule has 0 nitrogen and oxygen atoms in total. The molecule has 0 radical (unpaired) electrons. The molecule has 224 valence electrons. The first kappa shape index (κ1) is 27.2. The van der Waals surface area contributed by atoms with Crippen LogP contribution in [0.25, 0.3) is 93.3 Å². The third-order valence-corrected chi connectivity index (χ3v) is 10.4. The van der Waals surface area contributed by atoms with Gasteiger partial charge in [-0.1, -0.05) is 140 Å². The van der Waals surface area contributed by atoms with E-state index in [0.29, 0.717) is 0 Å². The molecule has 0 atom stereocenters. The minimum atomic E-state index is 1.13. The lowest BCUT2D eigenvalue weighted by molar-refractivity contribution is 0.986. The van der Waals surface area contributed by atoms with Gasteiger partial charge in [0.2, 0.25) is 0 Å². The minimum absolute atomic E-state index is 1.13. The zero-order valence-electron chi connectivity index (χ0n) is 26.6. The molecule has 0 heterocycles. The zero-order chi connectivity index (χ0) is 31.6. The van der Waals surface area contributed by atoms with E-state index in [4.69, 9.17) is 0 Å². The fraction of sp³-hybridized carbons (Fsp3) is 0.0417. The Morgan fingerprint density at radius 1 is 0.312 bits per heavy atom. The fourth-order valence-electron chi connectivity index (χ4n) is 7.91. The van der Waals surface area contributed by atoms with Crippen molar-refractivity contribution < 1.29 is 0 Å². The molecule has 0 N–H and O–H groups in total. The number of rotatable bonds is 3. The van der Waals surface area contributed by atoms with Gasteiger partial charge in [-0.05, 0) is 142 Å². The highest BCUT2D eigenvalue weighted by molar-refractivity contribution is 6.25. The van der Waals surface area contributed by atoms with Crippen LogP contribution >= 0.6 is 0 Å². The van der Waals surface area contributed by atoms with Gasteiger partial charge < -0.3 is 0 Å². The van der Waals surface area contributed by atoms with Crippen LogP contribution in [0.1, 0.15) is 17.5 Å². The maximum atomic E-state index is 2.38. The summed E-state index contributed by atoms with van der Waals surface area (Å²) in [6.07, 6.45) is 6.79. The van der Waals surface area contributed by atoms with E-state index in [0.717, 1.165) is 12.8 Å². The Morgan fingerprint density at radius 3 is 1.23 bits per heavy atom. The Morgan fingerprint density at radius 2 is 0.708 bits per heavy atom. The van der Waals surface area contributed by atoms with Gasteiger partial charge in [-0.2, -0.15) is 0 Å². The van der Waals surface area contributed by atoms with Gasteiger partial charge >= 0.3 is 0 Å². The van der Waals surface area contributed by atoms with Crippen molar-refractivity contribution >= 4 is 59.9 Å². The minimum Gasteiger partial charge on any atom is -0.0836 e. The standard InChI is InChI=1S/C48H32/c1-2-8-32-25-33(14-13-31(32)7-1)34-15-16-36-27-37(18-17-35(36)26-34)38-19-20-40-29-41(22-21-39(40)28-38)42-23-24-47-45-11-4-3-9-43(45)44-10-5-6-12-46(44)48(47)30-42/h1,3-7,9-30H,2,8H2. The number of hydrogen-bond donors (Lipinski definition) is 0. The zero-order valence-corrected chi connectivity index (χ0v) is 26.6. The average molecular weight is 609 g/mol. The molecule has 0 spiro atoms. The number of allylic oxidation sites excluding steroid dienone is 1. The molecule has 48 heavy (non-hydrogen) atoms. The summed E-state index contributed by atoms with van der Waals surface area (Å²) in [5, 5.41) is 12.9. The van der Waals surface area contributed by atoms with Crippen LogP contribution in [0.5, 0.6) is 0 Å². The van der Waals surface area contributed by atoms with E-state index in [2.05, 4.69) is 170 Å². The van der Waals surface area contributed by atoms with Crippen molar-refractivity contribution in [3.63, 3.8) is 0 Å². The number of fused-ring (bicyclic) bond motifs is 9. The van der Waals surface area contributed by atoms with Gasteiger partial charge in [-0.25, -0.2) is 0 Å². The lowest BCUT2D eigenvalue weighted by atomic mass is 9.91. The molecule has 10 rings (SSSR count). The van der Waals surface area contributed by atoms with Gasteiger partial charge in [0.25, 0.3) is 0 Å². The predicted octanol–water partition coefficient (Wildman–Crippen LogP) is 13.4. The average Bonchev–Trinajstić information content (AvgIpc) is 3.17. The van der Waals surface area contributed by atoms with Crippen LogP contribution in [-0.2, 0) is 6.42 Å². The molecule has 0 amide bonds. The Labute approximate surface area is 280 Å². The Kier molecular flexibility index (Phi) is 6.11. The van der Waals surface area contributed by atoms with Crippen molar-refractivity contribution in [2.24, 2.45) is 0 Å². The summed E-state index contributed by atoms with van der Waals surface area (Å²) < 4.78 is 0. The van der Waals surface area contributed by atoms with Crippen LogP contribution in [0, 0.1) is 0 Å². The molecular formula is C48H32. The van der Waals surface area contributed by atoms with Crippen LogP contribution in [0.3, 0.4) is 0 Å². The smallest absolute Gasteiger partial charge is 0.00928 e. The molecule has 0 saturated carbocycles. The number of benzene rings is 9. The molecule has 0 bridgehead atoms. The molecule has 0 aromatic heterocycles. The molecule has 0 unspecified atom stereocenters. The molecule has 1 aliphatic carbocycles. The van der Waals surface area contributed by atoms with E-state index in [1.807, 2.05) is 0 Å². The first-order chi connectivity index (χ1) is 23.7. The first-order valence-corrected chi connectivity index (χ1v) is 17.0. The molecule has 0 heteroatoms. The van der Waals surface area contributed by atoms with Gasteiger partial charge in [0.15, 0.2) is 0 Å². The molecule has 0 aliphatic heterocycles. The first-order valence-electron chi connectivity index (χ1n) is 17.0. The quantitative estimate of drug-likeness (QED) is 0.175. The van der Waals surface area contributed by atoms with Gasteiger partial charge in [-0.3, -0.25) is 0 Å². The van der Waals surface area contributed by atoms with E-state index >= 15 is 0 Å². The van der Waals surface area contributed by atoms with Gasteiger partial charge in [0, 0.05) is 0 Å². The van der Waals surface area contributed by atoms with Crippen molar-refractivity contribution in [2.45, 2.75) is 12.8 Å². The molecule has 0 saturated heterocycles. The number of hydrogen-bond acceptors (Lipinski definition) is 0. The van der Waals surface area contributed by atoms with Crippen LogP contribution in [0.2, 0.25) is 0 Å². The molecule has 1 aliphatic rings. The Balaban J connectivity index is 0.988. The van der Waals surface area contributed by atoms with Gasteiger partial charge in [-0.15, -0.1) is 0 Å². The molecule has 0 fully saturated rings. The summed E-state index contributed by atoms with van der Waals surface area (Å²) >= 11 is 0. The number of aryl methyl sites for hydroxylation is 1. The van der Waals surface area contributed by atoms with E-state index in [9.17, 15) is 0 Å². The van der Waals surface area contributed by atoms with Crippen molar-refractivity contribution in [3.05, 3.63) is 175 Å². The lowest BCUT2D eigenvalue weighted by Gasteiger charge is -2.13. The van der Waals surface area contributed by atoms with Crippen LogP contribution in [0.4, 0.5) is 0 Å². The highest BCUT2D eigenvalue weighted by Gasteiger charge is 2.11. The third-order valence-electron chi connectivity index (χ3n) is 10.4. The topological polar surface area (TPSA) is 0 Å². The van der Waals surface area contributed by atoms with Crippen molar-refractivity contribution in [1.82, 2.24) is 0 Å². The van der Waals surface area contributed by atoms with Crippen LogP contribution < -0.4 is 0 Å². The van der Waals surface area contributed by atoms with E-state index in [1.54, 1.807) is 0 Å². The second kappa shape index (κ2) is 10.8. The summed E-state index contributed by atoms with van der Waals surface area (Å²) in [5.74, 6) is 0.